The quantitative estimate of drug-likeness (QED) is 0.798. The third-order valence-electron chi connectivity index (χ3n) is 3.70. The van der Waals surface area contributed by atoms with Gasteiger partial charge in [0.25, 0.3) is 0 Å². The zero-order valence-corrected chi connectivity index (χ0v) is 13.9. The highest BCUT2D eigenvalue weighted by Gasteiger charge is 2.25. The average Bonchev–Trinajstić information content (AvgIpc) is 2.32. The molecule has 0 aliphatic rings. The summed E-state index contributed by atoms with van der Waals surface area (Å²) in [5, 5.41) is 0. The van der Waals surface area contributed by atoms with Gasteiger partial charge in [0.2, 0.25) is 0 Å². The molecule has 1 unspecified atom stereocenters. The van der Waals surface area contributed by atoms with Crippen molar-refractivity contribution in [3.8, 4) is 0 Å². The Morgan fingerprint density at radius 2 is 2.00 bits per heavy atom. The number of aryl methyl sites for hydroxylation is 1. The Hall–Kier alpha value is -0.540. The molecule has 1 aromatic rings. The third-order valence-corrected chi connectivity index (χ3v) is 4.14. The summed E-state index contributed by atoms with van der Waals surface area (Å²) in [6.07, 6.45) is 0. The predicted molar refractivity (Wildman–Crippen MR) is 86.7 cm³/mol. The Labute approximate surface area is 124 Å². The standard InChI is InChI=1S/C16H28N2S/c1-6-18(10-14(12-19)16(3,4)5)11-15-9-7-8-13(2)17-15/h7-9,14,19H,6,10-12H2,1-5H3. The Kier molecular flexibility index (Phi) is 6.34. The van der Waals surface area contributed by atoms with E-state index in [-0.39, 0.29) is 0 Å². The normalized spacial score (nSPS) is 13.8. The fourth-order valence-electron chi connectivity index (χ4n) is 2.14. The summed E-state index contributed by atoms with van der Waals surface area (Å²) in [7, 11) is 0. The number of rotatable bonds is 6. The van der Waals surface area contributed by atoms with Crippen LogP contribution in [0.2, 0.25) is 0 Å². The van der Waals surface area contributed by atoms with E-state index in [1.165, 1.54) is 0 Å². The second kappa shape index (κ2) is 7.30. The van der Waals surface area contributed by atoms with Crippen LogP contribution in [0, 0.1) is 18.3 Å². The smallest absolute Gasteiger partial charge is 0.0547 e. The molecule has 19 heavy (non-hydrogen) atoms. The lowest BCUT2D eigenvalue weighted by atomic mass is 9.81. The molecule has 0 spiro atoms. The van der Waals surface area contributed by atoms with E-state index in [2.05, 4.69) is 62.3 Å². The molecule has 0 fully saturated rings. The van der Waals surface area contributed by atoms with Crippen LogP contribution >= 0.6 is 12.6 Å². The molecule has 0 saturated carbocycles. The van der Waals surface area contributed by atoms with Crippen molar-refractivity contribution in [1.29, 1.82) is 0 Å². The van der Waals surface area contributed by atoms with Gasteiger partial charge >= 0.3 is 0 Å². The average molecular weight is 280 g/mol. The van der Waals surface area contributed by atoms with Crippen LogP contribution in [0.3, 0.4) is 0 Å². The molecule has 0 aliphatic carbocycles. The Morgan fingerprint density at radius 3 is 2.47 bits per heavy atom. The maximum absolute atomic E-state index is 4.60. The Bertz CT molecular complexity index is 385. The predicted octanol–water partition coefficient (Wildman–Crippen LogP) is 3.80. The zero-order chi connectivity index (χ0) is 14.5. The van der Waals surface area contributed by atoms with Crippen molar-refractivity contribution in [2.75, 3.05) is 18.8 Å². The van der Waals surface area contributed by atoms with Crippen molar-refractivity contribution in [2.45, 2.75) is 41.2 Å². The summed E-state index contributed by atoms with van der Waals surface area (Å²) in [4.78, 5) is 7.06. The van der Waals surface area contributed by atoms with Gasteiger partial charge in [-0.15, -0.1) is 0 Å². The lowest BCUT2D eigenvalue weighted by Crippen LogP contribution is -2.36. The minimum atomic E-state index is 0.301. The van der Waals surface area contributed by atoms with E-state index in [0.717, 1.165) is 36.8 Å². The summed E-state index contributed by atoms with van der Waals surface area (Å²) in [6.45, 7) is 14.2. The first-order valence-corrected chi connectivity index (χ1v) is 7.75. The number of pyridine rings is 1. The monoisotopic (exact) mass is 280 g/mol. The van der Waals surface area contributed by atoms with E-state index >= 15 is 0 Å². The first kappa shape index (κ1) is 16.5. The molecule has 0 radical (unpaired) electrons. The molecule has 0 N–H and O–H groups in total. The zero-order valence-electron chi connectivity index (χ0n) is 13.0. The fraction of sp³-hybridized carbons (Fsp3) is 0.688. The summed E-state index contributed by atoms with van der Waals surface area (Å²) in [6, 6.07) is 6.25. The molecule has 108 valence electrons. The Balaban J connectivity index is 2.68. The number of hydrogen-bond acceptors (Lipinski definition) is 3. The molecule has 3 heteroatoms. The van der Waals surface area contributed by atoms with Crippen molar-refractivity contribution in [3.63, 3.8) is 0 Å². The van der Waals surface area contributed by atoms with Crippen LogP contribution in [0.25, 0.3) is 0 Å². The van der Waals surface area contributed by atoms with Crippen molar-refractivity contribution in [2.24, 2.45) is 11.3 Å². The minimum absolute atomic E-state index is 0.301. The van der Waals surface area contributed by atoms with E-state index < -0.39 is 0 Å². The van der Waals surface area contributed by atoms with Crippen molar-refractivity contribution in [3.05, 3.63) is 29.6 Å². The van der Waals surface area contributed by atoms with Gasteiger partial charge in [-0.3, -0.25) is 9.88 Å². The molecule has 1 heterocycles. The second-order valence-electron chi connectivity index (χ2n) is 6.34. The van der Waals surface area contributed by atoms with Crippen molar-refractivity contribution < 1.29 is 0 Å². The molecule has 1 aromatic heterocycles. The molecule has 1 atom stereocenters. The van der Waals surface area contributed by atoms with E-state index in [1.807, 2.05) is 13.0 Å². The summed E-state index contributed by atoms with van der Waals surface area (Å²) >= 11 is 4.52. The number of aromatic nitrogens is 1. The van der Waals surface area contributed by atoms with Gasteiger partial charge in [0.05, 0.1) is 5.69 Å². The van der Waals surface area contributed by atoms with Gasteiger partial charge in [0.15, 0.2) is 0 Å². The van der Waals surface area contributed by atoms with Gasteiger partial charge in [-0.05, 0) is 42.7 Å². The minimum Gasteiger partial charge on any atom is -0.297 e. The topological polar surface area (TPSA) is 16.1 Å². The van der Waals surface area contributed by atoms with Crippen LogP contribution in [0.1, 0.15) is 39.1 Å². The molecule has 0 aromatic carbocycles. The van der Waals surface area contributed by atoms with Crippen molar-refractivity contribution in [1.82, 2.24) is 9.88 Å². The highest BCUT2D eigenvalue weighted by molar-refractivity contribution is 7.80. The summed E-state index contributed by atoms with van der Waals surface area (Å²) in [5.41, 5.74) is 2.55. The van der Waals surface area contributed by atoms with Crippen LogP contribution in [0.15, 0.2) is 18.2 Å². The first-order chi connectivity index (χ1) is 8.86. The van der Waals surface area contributed by atoms with Gasteiger partial charge in [-0.2, -0.15) is 12.6 Å². The van der Waals surface area contributed by atoms with Gasteiger partial charge in [0, 0.05) is 18.8 Å². The highest BCUT2D eigenvalue weighted by atomic mass is 32.1. The molecule has 0 bridgehead atoms. The SMILES string of the molecule is CCN(Cc1cccc(C)n1)CC(CS)C(C)(C)C. The lowest BCUT2D eigenvalue weighted by molar-refractivity contribution is 0.163. The number of nitrogens with zero attached hydrogens (tertiary/aromatic N) is 2. The number of thiol groups is 1. The van der Waals surface area contributed by atoms with Crippen LogP contribution in [-0.4, -0.2) is 28.7 Å². The van der Waals surface area contributed by atoms with E-state index in [4.69, 9.17) is 0 Å². The third kappa shape index (κ3) is 5.53. The van der Waals surface area contributed by atoms with Crippen LogP contribution in [-0.2, 0) is 6.54 Å². The first-order valence-electron chi connectivity index (χ1n) is 7.12. The van der Waals surface area contributed by atoms with Crippen LogP contribution in [0.5, 0.6) is 0 Å². The lowest BCUT2D eigenvalue weighted by Gasteiger charge is -2.34. The maximum atomic E-state index is 4.60. The van der Waals surface area contributed by atoms with Gasteiger partial charge in [0.1, 0.15) is 0 Å². The Morgan fingerprint density at radius 1 is 1.32 bits per heavy atom. The summed E-state index contributed by atoms with van der Waals surface area (Å²) in [5.74, 6) is 1.53. The van der Waals surface area contributed by atoms with Gasteiger partial charge in [-0.1, -0.05) is 33.8 Å². The van der Waals surface area contributed by atoms with E-state index in [1.54, 1.807) is 0 Å². The molecule has 0 saturated heterocycles. The van der Waals surface area contributed by atoms with Crippen LogP contribution in [0.4, 0.5) is 0 Å². The molecule has 0 amide bonds. The second-order valence-corrected chi connectivity index (χ2v) is 6.71. The van der Waals surface area contributed by atoms with Gasteiger partial charge < -0.3 is 0 Å². The highest BCUT2D eigenvalue weighted by Crippen LogP contribution is 2.28. The van der Waals surface area contributed by atoms with E-state index in [9.17, 15) is 0 Å². The van der Waals surface area contributed by atoms with Gasteiger partial charge in [-0.25, -0.2) is 0 Å². The van der Waals surface area contributed by atoms with E-state index in [0.29, 0.717) is 11.3 Å². The molecular formula is C16H28N2S. The largest absolute Gasteiger partial charge is 0.297 e. The maximum Gasteiger partial charge on any atom is 0.0547 e. The molecule has 2 nitrogen and oxygen atoms in total. The molecule has 0 aliphatic heterocycles. The van der Waals surface area contributed by atoms with Crippen molar-refractivity contribution >= 4 is 12.6 Å². The molecular weight excluding hydrogens is 252 g/mol. The fourth-order valence-corrected chi connectivity index (χ4v) is 2.80. The summed E-state index contributed by atoms with van der Waals surface area (Å²) < 4.78 is 0. The molecule has 1 rings (SSSR count). The number of hydrogen-bond donors (Lipinski definition) is 1. The van der Waals surface area contributed by atoms with Crippen LogP contribution < -0.4 is 0 Å².